The number of rotatable bonds is 7. The molecule has 1 amide bonds. The second kappa shape index (κ2) is 10.7. The van der Waals surface area contributed by atoms with Crippen molar-refractivity contribution in [1.29, 1.82) is 0 Å². The number of hydrogen-bond donors (Lipinski definition) is 1. The molecule has 1 N–H and O–H groups in total. The van der Waals surface area contributed by atoms with E-state index in [0.717, 1.165) is 10.0 Å². The summed E-state index contributed by atoms with van der Waals surface area (Å²) in [6, 6.07) is 18.8. The molecule has 0 spiro atoms. The Bertz CT molecular complexity index is 1120. The number of benzene rings is 3. The zero-order chi connectivity index (χ0) is 22.2. The van der Waals surface area contributed by atoms with Gasteiger partial charge in [0.05, 0.1) is 11.8 Å². The van der Waals surface area contributed by atoms with Crippen molar-refractivity contribution in [3.05, 3.63) is 92.9 Å². The molecule has 3 aromatic carbocycles. The third-order valence-corrected chi connectivity index (χ3v) is 4.84. The minimum Gasteiger partial charge on any atom is -0.483 e. The Morgan fingerprint density at radius 2 is 1.81 bits per heavy atom. The van der Waals surface area contributed by atoms with Gasteiger partial charge >= 0.3 is 5.97 Å². The number of para-hydroxylation sites is 1. The number of nitrogens with zero attached hydrogens (tertiary/aromatic N) is 1. The van der Waals surface area contributed by atoms with Crippen LogP contribution in [0.15, 0.2) is 76.3 Å². The molecule has 0 saturated heterocycles. The fourth-order valence-corrected chi connectivity index (χ4v) is 3.03. The average Bonchev–Trinajstić information content (AvgIpc) is 2.75. The lowest BCUT2D eigenvalue weighted by Gasteiger charge is -2.09. The zero-order valence-electron chi connectivity index (χ0n) is 16.5. The number of hydrogen-bond acceptors (Lipinski definition) is 5. The van der Waals surface area contributed by atoms with Crippen LogP contribution in [0.1, 0.15) is 21.5 Å². The zero-order valence-corrected chi connectivity index (χ0v) is 18.8. The maximum absolute atomic E-state index is 12.4. The molecule has 0 unspecified atom stereocenters. The molecule has 0 atom stereocenters. The van der Waals surface area contributed by atoms with Crippen molar-refractivity contribution in [3.63, 3.8) is 0 Å². The number of esters is 1. The van der Waals surface area contributed by atoms with Crippen molar-refractivity contribution >= 4 is 45.6 Å². The van der Waals surface area contributed by atoms with Gasteiger partial charge in [-0.25, -0.2) is 10.2 Å². The van der Waals surface area contributed by atoms with Gasteiger partial charge in [-0.2, -0.15) is 5.10 Å². The van der Waals surface area contributed by atoms with Crippen LogP contribution in [0.2, 0.25) is 5.02 Å². The number of amides is 1. The molecule has 3 rings (SSSR count). The Hall–Kier alpha value is -3.16. The van der Waals surface area contributed by atoms with Gasteiger partial charge in [0.25, 0.3) is 5.91 Å². The summed E-state index contributed by atoms with van der Waals surface area (Å²) < 4.78 is 11.7. The summed E-state index contributed by atoms with van der Waals surface area (Å²) in [6.07, 6.45) is 1.39. The fraction of sp³-hybridized carbons (Fsp3) is 0.0870. The van der Waals surface area contributed by atoms with Gasteiger partial charge < -0.3 is 9.47 Å². The van der Waals surface area contributed by atoms with E-state index in [2.05, 4.69) is 26.5 Å². The summed E-state index contributed by atoms with van der Waals surface area (Å²) in [6.45, 7) is 1.71. The summed E-state index contributed by atoms with van der Waals surface area (Å²) in [5.41, 5.74) is 4.18. The monoisotopic (exact) mass is 500 g/mol. The average molecular weight is 502 g/mol. The van der Waals surface area contributed by atoms with Gasteiger partial charge in [0.1, 0.15) is 11.5 Å². The van der Waals surface area contributed by atoms with Gasteiger partial charge in [-0.05, 0) is 61.0 Å². The van der Waals surface area contributed by atoms with Crippen LogP contribution in [0.3, 0.4) is 0 Å². The lowest BCUT2D eigenvalue weighted by atomic mass is 10.2. The second-order valence-electron chi connectivity index (χ2n) is 6.43. The van der Waals surface area contributed by atoms with E-state index < -0.39 is 11.9 Å². The predicted molar refractivity (Wildman–Crippen MR) is 123 cm³/mol. The third kappa shape index (κ3) is 6.67. The number of carbonyl (C=O) groups excluding carboxylic acids is 2. The lowest BCUT2D eigenvalue weighted by Crippen LogP contribution is -2.24. The highest BCUT2D eigenvalue weighted by Gasteiger charge is 2.12. The molecule has 3 aromatic rings. The molecular weight excluding hydrogens is 484 g/mol. The van der Waals surface area contributed by atoms with Crippen LogP contribution in [0.25, 0.3) is 0 Å². The fourth-order valence-electron chi connectivity index (χ4n) is 2.53. The van der Waals surface area contributed by atoms with Gasteiger partial charge in [-0.1, -0.05) is 45.7 Å². The van der Waals surface area contributed by atoms with Crippen LogP contribution in [0.4, 0.5) is 0 Å². The Morgan fingerprint density at radius 1 is 1.06 bits per heavy atom. The van der Waals surface area contributed by atoms with E-state index in [1.807, 2.05) is 25.1 Å². The van der Waals surface area contributed by atoms with Crippen molar-refractivity contribution in [2.75, 3.05) is 6.61 Å². The molecule has 158 valence electrons. The maximum Gasteiger partial charge on any atom is 0.343 e. The molecule has 0 saturated carbocycles. The molecule has 0 heterocycles. The molecule has 31 heavy (non-hydrogen) atoms. The van der Waals surface area contributed by atoms with Crippen molar-refractivity contribution < 1.29 is 19.1 Å². The minimum absolute atomic E-state index is 0.181. The Balaban J connectivity index is 1.62. The summed E-state index contributed by atoms with van der Waals surface area (Å²) in [4.78, 5) is 24.4. The number of hydrazone groups is 1. The van der Waals surface area contributed by atoms with Gasteiger partial charge in [-0.3, -0.25) is 4.79 Å². The van der Waals surface area contributed by atoms with E-state index in [-0.39, 0.29) is 12.4 Å². The van der Waals surface area contributed by atoms with E-state index in [9.17, 15) is 9.59 Å². The maximum atomic E-state index is 12.4. The summed E-state index contributed by atoms with van der Waals surface area (Å²) in [5.74, 6) is -0.0409. The molecular formula is C23H18BrClN2O4. The van der Waals surface area contributed by atoms with E-state index in [0.29, 0.717) is 21.9 Å². The van der Waals surface area contributed by atoms with E-state index in [4.69, 9.17) is 21.1 Å². The smallest absolute Gasteiger partial charge is 0.343 e. The Morgan fingerprint density at radius 3 is 2.55 bits per heavy atom. The Kier molecular flexibility index (Phi) is 7.81. The van der Waals surface area contributed by atoms with E-state index in [1.54, 1.807) is 48.5 Å². The highest BCUT2D eigenvalue weighted by atomic mass is 79.9. The first-order chi connectivity index (χ1) is 14.9. The van der Waals surface area contributed by atoms with Crippen molar-refractivity contribution in [1.82, 2.24) is 5.43 Å². The number of aryl methyl sites for hydroxylation is 1. The third-order valence-electron chi connectivity index (χ3n) is 4.10. The number of carbonyl (C=O) groups is 2. The summed E-state index contributed by atoms with van der Waals surface area (Å²) in [5, 5.41) is 4.46. The summed E-state index contributed by atoms with van der Waals surface area (Å²) in [7, 11) is 0. The van der Waals surface area contributed by atoms with Crippen LogP contribution in [-0.2, 0) is 4.79 Å². The molecule has 0 aromatic heterocycles. The topological polar surface area (TPSA) is 77.0 Å². The number of ether oxygens (including phenoxy) is 2. The van der Waals surface area contributed by atoms with Gasteiger partial charge in [-0.15, -0.1) is 0 Å². The van der Waals surface area contributed by atoms with Crippen molar-refractivity contribution in [2.24, 2.45) is 5.10 Å². The second-order valence-corrected chi connectivity index (χ2v) is 7.78. The number of nitrogens with one attached hydrogen (secondary N) is 1. The lowest BCUT2D eigenvalue weighted by molar-refractivity contribution is -0.123. The summed E-state index contributed by atoms with van der Waals surface area (Å²) >= 11 is 9.22. The first-order valence-corrected chi connectivity index (χ1v) is 10.4. The van der Waals surface area contributed by atoms with Crippen LogP contribution in [0.5, 0.6) is 11.5 Å². The SMILES string of the molecule is Cc1ccccc1OCC(=O)N/N=C\c1cc(Br)ccc1OC(=O)c1ccc(Cl)cc1. The van der Waals surface area contributed by atoms with Gasteiger partial charge in [0.2, 0.25) is 0 Å². The standard InChI is InChI=1S/C23H18BrClN2O4/c1-15-4-2-3-5-20(15)30-14-22(28)27-26-13-17-12-18(24)8-11-21(17)31-23(29)16-6-9-19(25)10-7-16/h2-13H,14H2,1H3,(H,27,28)/b26-13-. The molecule has 0 aliphatic carbocycles. The molecule has 0 aliphatic rings. The predicted octanol–water partition coefficient (Wildman–Crippen LogP) is 5.16. The molecule has 8 heteroatoms. The Labute approximate surface area is 193 Å². The van der Waals surface area contributed by atoms with E-state index in [1.165, 1.54) is 6.21 Å². The first kappa shape index (κ1) is 22.5. The highest BCUT2D eigenvalue weighted by molar-refractivity contribution is 9.10. The van der Waals surface area contributed by atoms with Crippen LogP contribution in [0, 0.1) is 6.92 Å². The first-order valence-electron chi connectivity index (χ1n) is 9.20. The molecule has 0 fully saturated rings. The normalized spacial score (nSPS) is 10.7. The van der Waals surface area contributed by atoms with Crippen molar-refractivity contribution in [2.45, 2.75) is 6.92 Å². The molecule has 0 bridgehead atoms. The van der Waals surface area contributed by atoms with Gasteiger partial charge in [0, 0.05) is 15.1 Å². The molecule has 0 radical (unpaired) electrons. The van der Waals surface area contributed by atoms with Crippen LogP contribution >= 0.6 is 27.5 Å². The largest absolute Gasteiger partial charge is 0.483 e. The minimum atomic E-state index is -0.538. The highest BCUT2D eigenvalue weighted by Crippen LogP contribution is 2.23. The van der Waals surface area contributed by atoms with E-state index >= 15 is 0 Å². The quantitative estimate of drug-likeness (QED) is 0.210. The number of halogens is 2. The van der Waals surface area contributed by atoms with Crippen LogP contribution < -0.4 is 14.9 Å². The molecule has 6 nitrogen and oxygen atoms in total. The van der Waals surface area contributed by atoms with Gasteiger partial charge in [0.15, 0.2) is 6.61 Å². The molecule has 0 aliphatic heterocycles. The van der Waals surface area contributed by atoms with Crippen molar-refractivity contribution in [3.8, 4) is 11.5 Å². The van der Waals surface area contributed by atoms with Crippen LogP contribution in [-0.4, -0.2) is 24.7 Å².